The molecule has 0 aliphatic heterocycles. The van der Waals surface area contributed by atoms with Crippen LogP contribution < -0.4 is 10.1 Å². The summed E-state index contributed by atoms with van der Waals surface area (Å²) in [6, 6.07) is 7.25. The third-order valence-corrected chi connectivity index (χ3v) is 6.21. The molecule has 15 heteroatoms. The van der Waals surface area contributed by atoms with E-state index >= 15 is 0 Å². The number of allylic oxidation sites excluding steroid dienone is 3. The van der Waals surface area contributed by atoms with Crippen LogP contribution in [0.15, 0.2) is 59.9 Å². The molecule has 2 rings (SSSR count). The molecule has 48 heavy (non-hydrogen) atoms. The standard InChI is InChI=1S/C23H32F2N2O5.C7H5FO.C2H7N.CH2F2O/c1-16(6-8-26(2)18(13-29)15-31-4)22(14-30)27(3)12-17(7-9-28)23-20(24)10-19(32-5)11-21(23)25;8-7-3-1-6(5-9)2-4-7;1-3-2;2-1(3)4/h6,8-11,14,17-18,29H,7,12-13,15H2,1-5H3;1-5H;3H,1-2H3;1,4H/b8-6-,22-16+;;;. The van der Waals surface area contributed by atoms with Crippen molar-refractivity contribution in [2.24, 2.45) is 0 Å². The van der Waals surface area contributed by atoms with Crippen molar-refractivity contribution < 1.29 is 56.0 Å². The number of aldehydes is 3. The molecule has 0 fully saturated rings. The van der Waals surface area contributed by atoms with E-state index in [0.29, 0.717) is 42.3 Å². The molecule has 0 bridgehead atoms. The van der Waals surface area contributed by atoms with Crippen LogP contribution in [0.5, 0.6) is 5.75 Å². The van der Waals surface area contributed by atoms with Crippen molar-refractivity contribution in [3.05, 3.63) is 88.5 Å². The Morgan fingerprint density at radius 1 is 1.00 bits per heavy atom. The molecule has 2 aromatic rings. The van der Waals surface area contributed by atoms with Gasteiger partial charge in [-0.05, 0) is 63.1 Å². The lowest BCUT2D eigenvalue weighted by atomic mass is 9.94. The zero-order valence-corrected chi connectivity index (χ0v) is 28.1. The largest absolute Gasteiger partial charge is 0.497 e. The van der Waals surface area contributed by atoms with Gasteiger partial charge in [-0.25, -0.2) is 13.2 Å². The number of likely N-dealkylation sites (N-methyl/N-ethyl adjacent to an activating group) is 2. The van der Waals surface area contributed by atoms with Crippen molar-refractivity contribution in [2.75, 3.05) is 62.2 Å². The molecule has 0 saturated carbocycles. The Labute approximate surface area is 278 Å². The van der Waals surface area contributed by atoms with Crippen LogP contribution in [0.1, 0.15) is 35.2 Å². The van der Waals surface area contributed by atoms with Gasteiger partial charge in [0.25, 0.3) is 0 Å². The number of ether oxygens (including phenoxy) is 2. The van der Waals surface area contributed by atoms with Gasteiger partial charge in [0, 0.05) is 63.3 Å². The third kappa shape index (κ3) is 18.8. The topological polar surface area (TPSA) is 129 Å². The Kier molecular flexibility index (Phi) is 25.7. The number of rotatable bonds is 15. The number of methoxy groups -OCH3 is 2. The van der Waals surface area contributed by atoms with Gasteiger partial charge < -0.3 is 39.6 Å². The van der Waals surface area contributed by atoms with E-state index < -0.39 is 24.2 Å². The van der Waals surface area contributed by atoms with Gasteiger partial charge in [-0.2, -0.15) is 8.78 Å². The first-order valence-electron chi connectivity index (χ1n) is 14.3. The fourth-order valence-electron chi connectivity index (χ4n) is 3.85. The van der Waals surface area contributed by atoms with Crippen molar-refractivity contribution in [1.82, 2.24) is 15.1 Å². The van der Waals surface area contributed by atoms with Gasteiger partial charge in [0.2, 0.25) is 0 Å². The van der Waals surface area contributed by atoms with Crippen LogP contribution in [0.25, 0.3) is 0 Å². The Morgan fingerprint density at radius 2 is 1.52 bits per heavy atom. The second-order valence-electron chi connectivity index (χ2n) is 9.89. The number of halogens is 5. The summed E-state index contributed by atoms with van der Waals surface area (Å²) < 4.78 is 70.9. The second kappa shape index (κ2) is 26.8. The number of aliphatic hydroxyl groups excluding tert-OH is 2. The first kappa shape index (κ1) is 45.9. The first-order chi connectivity index (χ1) is 22.7. The van der Waals surface area contributed by atoms with Crippen molar-refractivity contribution in [3.8, 4) is 5.75 Å². The minimum absolute atomic E-state index is 0.0372. The highest BCUT2D eigenvalue weighted by Gasteiger charge is 2.24. The van der Waals surface area contributed by atoms with Crippen LogP contribution in [-0.4, -0.2) is 114 Å². The van der Waals surface area contributed by atoms with Crippen LogP contribution in [0.3, 0.4) is 0 Å². The molecule has 3 N–H and O–H groups in total. The number of alkyl halides is 2. The van der Waals surface area contributed by atoms with Crippen LogP contribution in [-0.2, 0) is 14.3 Å². The van der Waals surface area contributed by atoms with E-state index in [1.165, 1.54) is 38.5 Å². The average Bonchev–Trinajstić information content (AvgIpc) is 3.03. The lowest BCUT2D eigenvalue weighted by molar-refractivity contribution is -0.108. The highest BCUT2D eigenvalue weighted by atomic mass is 19.3. The van der Waals surface area contributed by atoms with Gasteiger partial charge in [-0.1, -0.05) is 0 Å². The minimum Gasteiger partial charge on any atom is -0.497 e. The fourth-order valence-corrected chi connectivity index (χ4v) is 3.85. The zero-order valence-electron chi connectivity index (χ0n) is 28.1. The van der Waals surface area contributed by atoms with Gasteiger partial charge in [0.1, 0.15) is 35.8 Å². The molecule has 0 heterocycles. The smallest absolute Gasteiger partial charge is 0.342 e. The lowest BCUT2D eigenvalue weighted by Gasteiger charge is -2.27. The number of carbonyl (C=O) groups excluding carboxylic acids is 3. The Morgan fingerprint density at radius 3 is 1.92 bits per heavy atom. The number of nitrogens with zero attached hydrogens (tertiary/aromatic N) is 2. The first-order valence-corrected chi connectivity index (χ1v) is 14.3. The molecule has 0 aliphatic rings. The monoisotopic (exact) mass is 691 g/mol. The molecule has 270 valence electrons. The van der Waals surface area contributed by atoms with Gasteiger partial charge >= 0.3 is 6.61 Å². The van der Waals surface area contributed by atoms with Crippen LogP contribution in [0, 0.1) is 17.5 Å². The third-order valence-electron chi connectivity index (χ3n) is 6.21. The second-order valence-corrected chi connectivity index (χ2v) is 9.89. The number of hydrogen-bond acceptors (Lipinski definition) is 10. The molecular formula is C33H46F5N3O7. The van der Waals surface area contributed by atoms with E-state index in [0.717, 1.165) is 12.1 Å². The summed E-state index contributed by atoms with van der Waals surface area (Å²) in [6.07, 6.45) is 5.21. The van der Waals surface area contributed by atoms with Gasteiger partial charge in [-0.15, -0.1) is 0 Å². The summed E-state index contributed by atoms with van der Waals surface area (Å²) in [5.41, 5.74) is 1.17. The van der Waals surface area contributed by atoms with E-state index in [4.69, 9.17) is 14.6 Å². The maximum Gasteiger partial charge on any atom is 0.342 e. The summed E-state index contributed by atoms with van der Waals surface area (Å²) in [6.45, 7) is -1.19. The van der Waals surface area contributed by atoms with Gasteiger partial charge in [-0.3, -0.25) is 9.59 Å². The highest BCUT2D eigenvalue weighted by molar-refractivity contribution is 5.75. The highest BCUT2D eigenvalue weighted by Crippen LogP contribution is 2.30. The number of nitrogens with one attached hydrogen (secondary N) is 1. The quantitative estimate of drug-likeness (QED) is 0.108. The number of hydrogen-bond donors (Lipinski definition) is 3. The van der Waals surface area contributed by atoms with Crippen LogP contribution >= 0.6 is 0 Å². The summed E-state index contributed by atoms with van der Waals surface area (Å²) >= 11 is 0. The average molecular weight is 692 g/mol. The number of carbonyl (C=O) groups is 3. The molecule has 0 saturated heterocycles. The summed E-state index contributed by atoms with van der Waals surface area (Å²) in [5, 5.41) is 18.9. The molecule has 10 nitrogen and oxygen atoms in total. The van der Waals surface area contributed by atoms with E-state index in [9.17, 15) is 41.4 Å². The van der Waals surface area contributed by atoms with E-state index in [1.807, 2.05) is 14.1 Å². The van der Waals surface area contributed by atoms with E-state index in [2.05, 4.69) is 5.32 Å². The molecule has 0 aliphatic carbocycles. The molecule has 2 unspecified atom stereocenters. The van der Waals surface area contributed by atoms with Gasteiger partial charge in [0.15, 0.2) is 6.29 Å². The zero-order chi connectivity index (χ0) is 37.2. The predicted octanol–water partition coefficient (Wildman–Crippen LogP) is 4.18. The SMILES string of the molecule is CNC.COCC(CO)N(C)/C=C\C(C)=C(/C=O)N(C)CC(CC=O)c1c(F)cc(OC)cc1F.O=Cc1ccc(F)cc1.OC(F)F. The maximum atomic E-state index is 14.6. The Hall–Kier alpha value is -4.18. The molecule has 2 atom stereocenters. The maximum absolute atomic E-state index is 14.6. The molecule has 0 aromatic heterocycles. The molecule has 0 radical (unpaired) electrons. The Bertz CT molecular complexity index is 1240. The molecule has 2 aromatic carbocycles. The minimum atomic E-state index is -3.17. The van der Waals surface area contributed by atoms with Crippen molar-refractivity contribution in [1.29, 1.82) is 0 Å². The van der Waals surface area contributed by atoms with E-state index in [1.54, 1.807) is 43.1 Å². The fraction of sp³-hybridized carbons (Fsp3) is 0.424. The normalized spacial score (nSPS) is 12.1. The predicted molar refractivity (Wildman–Crippen MR) is 172 cm³/mol. The van der Waals surface area contributed by atoms with Crippen molar-refractivity contribution >= 4 is 18.9 Å². The molecule has 0 spiro atoms. The lowest BCUT2D eigenvalue weighted by Crippen LogP contribution is -2.34. The van der Waals surface area contributed by atoms with E-state index in [-0.39, 0.29) is 42.7 Å². The summed E-state index contributed by atoms with van der Waals surface area (Å²) in [5.74, 6) is -2.72. The van der Waals surface area contributed by atoms with Crippen LogP contribution in [0.4, 0.5) is 22.0 Å². The summed E-state index contributed by atoms with van der Waals surface area (Å²) in [4.78, 5) is 36.3. The Balaban J connectivity index is 0. The summed E-state index contributed by atoms with van der Waals surface area (Å²) in [7, 11) is 9.97. The van der Waals surface area contributed by atoms with Crippen molar-refractivity contribution in [2.45, 2.75) is 31.9 Å². The number of aliphatic hydroxyl groups is 2. The number of benzene rings is 2. The van der Waals surface area contributed by atoms with Crippen LogP contribution in [0.2, 0.25) is 0 Å². The molecule has 0 amide bonds. The van der Waals surface area contributed by atoms with Crippen molar-refractivity contribution in [3.63, 3.8) is 0 Å². The molecular weight excluding hydrogens is 645 g/mol. The van der Waals surface area contributed by atoms with Gasteiger partial charge in [0.05, 0.1) is 32.1 Å².